The number of benzene rings is 1. The van der Waals surface area contributed by atoms with Crippen molar-refractivity contribution in [2.75, 3.05) is 29.6 Å². The molecule has 144 valence electrons. The molecule has 7 nitrogen and oxygen atoms in total. The van der Waals surface area contributed by atoms with E-state index in [2.05, 4.69) is 5.32 Å². The molecule has 2 heterocycles. The molecule has 0 radical (unpaired) electrons. The van der Waals surface area contributed by atoms with Gasteiger partial charge in [0, 0.05) is 50.7 Å². The minimum absolute atomic E-state index is 0.0500. The molecule has 0 saturated carbocycles. The van der Waals surface area contributed by atoms with Gasteiger partial charge in [-0.3, -0.25) is 9.59 Å². The van der Waals surface area contributed by atoms with Crippen LogP contribution >= 0.6 is 0 Å². The lowest BCUT2D eigenvalue weighted by molar-refractivity contribution is -0.117. The van der Waals surface area contributed by atoms with E-state index >= 15 is 0 Å². The fourth-order valence-corrected chi connectivity index (χ4v) is 3.70. The fraction of sp³-hybridized carbons (Fsp3) is 0.450. The zero-order valence-electron chi connectivity index (χ0n) is 15.8. The van der Waals surface area contributed by atoms with Gasteiger partial charge in [0.15, 0.2) is 0 Å². The van der Waals surface area contributed by atoms with Crippen molar-refractivity contribution in [3.8, 4) is 0 Å². The van der Waals surface area contributed by atoms with E-state index < -0.39 is 0 Å². The quantitative estimate of drug-likeness (QED) is 0.614. The Labute approximate surface area is 159 Å². The number of carbonyl (C=O) groups is 2. The van der Waals surface area contributed by atoms with E-state index in [9.17, 15) is 9.59 Å². The molecule has 1 unspecified atom stereocenters. The molecule has 1 fully saturated rings. The van der Waals surface area contributed by atoms with Gasteiger partial charge in [0.05, 0.1) is 17.4 Å². The topological polar surface area (TPSA) is 85.7 Å². The van der Waals surface area contributed by atoms with Crippen LogP contribution in [0.1, 0.15) is 32.3 Å². The van der Waals surface area contributed by atoms with E-state index in [4.69, 9.17) is 10.1 Å². The Hall–Kier alpha value is -2.67. The normalized spacial score (nSPS) is 20.8. The van der Waals surface area contributed by atoms with Gasteiger partial charge in [0.1, 0.15) is 0 Å². The number of ether oxygens (including phenoxy) is 1. The van der Waals surface area contributed by atoms with Gasteiger partial charge in [-0.1, -0.05) is 6.07 Å². The van der Waals surface area contributed by atoms with Crippen molar-refractivity contribution >= 4 is 35.5 Å². The molecule has 2 N–H and O–H groups in total. The highest BCUT2D eigenvalue weighted by atomic mass is 16.5. The third-order valence-corrected chi connectivity index (χ3v) is 5.10. The number of nitrogens with zero attached hydrogens (tertiary/aromatic N) is 2. The maximum absolute atomic E-state index is 12.1. The molecular formula is C20H26N4O3. The molecule has 2 aliphatic rings. The van der Waals surface area contributed by atoms with Crippen LogP contribution in [0.5, 0.6) is 0 Å². The predicted octanol–water partition coefficient (Wildman–Crippen LogP) is 2.16. The minimum atomic E-state index is -0.0843. The van der Waals surface area contributed by atoms with Crippen molar-refractivity contribution in [1.29, 1.82) is 5.41 Å². The summed E-state index contributed by atoms with van der Waals surface area (Å²) in [5.74, 6) is -0.0500. The summed E-state index contributed by atoms with van der Waals surface area (Å²) in [4.78, 5) is 27.0. The molecule has 0 aliphatic carbocycles. The van der Waals surface area contributed by atoms with Crippen molar-refractivity contribution in [1.82, 2.24) is 5.32 Å². The van der Waals surface area contributed by atoms with Gasteiger partial charge in [0.25, 0.3) is 0 Å². The molecule has 2 aliphatic heterocycles. The number of hydrogen-bond donors (Lipinski definition) is 2. The van der Waals surface area contributed by atoms with Crippen LogP contribution in [0.4, 0.5) is 11.4 Å². The number of rotatable bonds is 5. The maximum Gasteiger partial charge on any atom is 0.224 e. The number of amides is 2. The van der Waals surface area contributed by atoms with Crippen LogP contribution in [0.25, 0.3) is 5.57 Å². The van der Waals surface area contributed by atoms with Gasteiger partial charge in [-0.25, -0.2) is 0 Å². The monoisotopic (exact) mass is 370 g/mol. The summed E-state index contributed by atoms with van der Waals surface area (Å²) >= 11 is 0. The number of hydrogen-bond acceptors (Lipinski definition) is 5. The standard InChI is InChI=1S/C20H26N4O3/c1-14-12-23(13-25)20-9-16(3-4-19(20)24(14)15(2)26)17(10-21)11-22-18-5-7-27-8-6-18/h3-4,9-11,13-14,18,21-22H,5-8,12H2,1-2H3/b17-11+,21-10?. The highest BCUT2D eigenvalue weighted by Crippen LogP contribution is 2.36. The Morgan fingerprint density at radius 2 is 2.04 bits per heavy atom. The number of fused-ring (bicyclic) bond motifs is 1. The number of carbonyl (C=O) groups excluding carboxylic acids is 2. The molecule has 1 saturated heterocycles. The van der Waals surface area contributed by atoms with Gasteiger partial charge < -0.3 is 25.3 Å². The first kappa shape index (κ1) is 19.1. The van der Waals surface area contributed by atoms with Crippen LogP contribution < -0.4 is 15.1 Å². The van der Waals surface area contributed by atoms with Gasteiger partial charge in [-0.15, -0.1) is 0 Å². The van der Waals surface area contributed by atoms with E-state index in [0.717, 1.165) is 49.3 Å². The predicted molar refractivity (Wildman–Crippen MR) is 106 cm³/mol. The third-order valence-electron chi connectivity index (χ3n) is 5.10. The highest BCUT2D eigenvalue weighted by Gasteiger charge is 2.30. The molecular weight excluding hydrogens is 344 g/mol. The summed E-state index contributed by atoms with van der Waals surface area (Å²) in [6, 6.07) is 5.86. The Morgan fingerprint density at radius 1 is 1.30 bits per heavy atom. The molecule has 2 amide bonds. The second-order valence-corrected chi connectivity index (χ2v) is 7.00. The summed E-state index contributed by atoms with van der Waals surface area (Å²) in [7, 11) is 0. The third kappa shape index (κ3) is 4.03. The smallest absolute Gasteiger partial charge is 0.224 e. The fourth-order valence-electron chi connectivity index (χ4n) is 3.70. The molecule has 27 heavy (non-hydrogen) atoms. The number of nitrogens with one attached hydrogen (secondary N) is 2. The lowest BCUT2D eigenvalue weighted by Crippen LogP contribution is -2.49. The number of anilines is 2. The van der Waals surface area contributed by atoms with Crippen LogP contribution in [-0.2, 0) is 14.3 Å². The van der Waals surface area contributed by atoms with Crippen LogP contribution in [0.3, 0.4) is 0 Å². The minimum Gasteiger partial charge on any atom is -0.387 e. The molecule has 1 aromatic rings. The molecule has 0 aromatic heterocycles. The summed E-state index contributed by atoms with van der Waals surface area (Å²) < 4.78 is 5.37. The van der Waals surface area contributed by atoms with Gasteiger partial charge in [0.2, 0.25) is 12.3 Å². The van der Waals surface area contributed by atoms with E-state index in [0.29, 0.717) is 18.3 Å². The van der Waals surface area contributed by atoms with Crippen LogP contribution in [0.2, 0.25) is 0 Å². The van der Waals surface area contributed by atoms with Crippen LogP contribution in [0, 0.1) is 5.41 Å². The molecule has 1 aromatic carbocycles. The zero-order valence-corrected chi connectivity index (χ0v) is 15.8. The SMILES string of the molecule is CC(=O)N1c2ccc(/C(C=N)=C/NC3CCOCC3)cc2N(C=O)CC1C. The van der Waals surface area contributed by atoms with Gasteiger partial charge in [-0.2, -0.15) is 0 Å². The van der Waals surface area contributed by atoms with Gasteiger partial charge in [-0.05, 0) is 37.5 Å². The summed E-state index contributed by atoms with van der Waals surface area (Å²) in [6.45, 7) is 5.40. The molecule has 0 spiro atoms. The van der Waals surface area contributed by atoms with Crippen molar-refractivity contribution in [3.05, 3.63) is 30.0 Å². The lowest BCUT2D eigenvalue weighted by Gasteiger charge is -2.39. The van der Waals surface area contributed by atoms with Crippen molar-refractivity contribution in [2.24, 2.45) is 0 Å². The van der Waals surface area contributed by atoms with E-state index in [-0.39, 0.29) is 11.9 Å². The summed E-state index contributed by atoms with van der Waals surface area (Å²) in [6.07, 6.45) is 5.83. The van der Waals surface area contributed by atoms with Crippen LogP contribution in [0.15, 0.2) is 24.4 Å². The van der Waals surface area contributed by atoms with Crippen LogP contribution in [-0.4, -0.2) is 50.4 Å². The lowest BCUT2D eigenvalue weighted by atomic mass is 10.0. The zero-order chi connectivity index (χ0) is 19.4. The summed E-state index contributed by atoms with van der Waals surface area (Å²) in [5.41, 5.74) is 2.96. The summed E-state index contributed by atoms with van der Waals surface area (Å²) in [5, 5.41) is 11.2. The molecule has 7 heteroatoms. The molecule has 3 rings (SSSR count). The first-order chi connectivity index (χ1) is 13.0. The van der Waals surface area contributed by atoms with Crippen molar-refractivity contribution < 1.29 is 14.3 Å². The number of allylic oxidation sites excluding steroid dienone is 1. The van der Waals surface area contributed by atoms with Crippen molar-refractivity contribution in [2.45, 2.75) is 38.8 Å². The highest BCUT2D eigenvalue weighted by molar-refractivity contribution is 6.09. The molecule has 0 bridgehead atoms. The first-order valence-electron chi connectivity index (χ1n) is 9.25. The molecule has 1 atom stereocenters. The van der Waals surface area contributed by atoms with E-state index in [1.807, 2.05) is 31.3 Å². The Bertz CT molecular complexity index is 756. The Balaban J connectivity index is 1.91. The first-order valence-corrected chi connectivity index (χ1v) is 9.25. The average Bonchev–Trinajstić information content (AvgIpc) is 2.68. The largest absolute Gasteiger partial charge is 0.387 e. The average molecular weight is 370 g/mol. The van der Waals surface area contributed by atoms with E-state index in [1.165, 1.54) is 13.1 Å². The Morgan fingerprint density at radius 3 is 2.67 bits per heavy atom. The van der Waals surface area contributed by atoms with Crippen molar-refractivity contribution in [3.63, 3.8) is 0 Å². The maximum atomic E-state index is 12.1. The van der Waals surface area contributed by atoms with E-state index in [1.54, 1.807) is 9.80 Å². The second kappa shape index (κ2) is 8.35. The Kier molecular flexibility index (Phi) is 5.91. The van der Waals surface area contributed by atoms with Gasteiger partial charge >= 0.3 is 0 Å². The second-order valence-electron chi connectivity index (χ2n) is 7.00.